The maximum atomic E-state index is 13.2. The van der Waals surface area contributed by atoms with Gasteiger partial charge in [-0.25, -0.2) is 12.7 Å². The normalized spacial score (nSPS) is 18.4. The summed E-state index contributed by atoms with van der Waals surface area (Å²) in [6.45, 7) is 3.56. The number of nitrogens with zero attached hydrogens (tertiary/aromatic N) is 2. The molecule has 0 saturated carbocycles. The fourth-order valence-electron chi connectivity index (χ4n) is 6.13. The number of piperidine rings is 1. The Labute approximate surface area is 220 Å². The molecule has 1 fully saturated rings. The van der Waals surface area contributed by atoms with Gasteiger partial charge in [0.15, 0.2) is 0 Å². The van der Waals surface area contributed by atoms with Gasteiger partial charge in [-0.2, -0.15) is 0 Å². The predicted octanol–water partition coefficient (Wildman–Crippen LogP) is 6.11. The molecule has 2 aliphatic rings. The lowest BCUT2D eigenvalue weighted by molar-refractivity contribution is 0.153. The molecule has 1 atom stereocenters. The third-order valence-corrected chi connectivity index (χ3v) is 10.4. The molecule has 1 aliphatic carbocycles. The molecule has 6 heteroatoms. The second-order valence-electron chi connectivity index (χ2n) is 10.4. The SMILES string of the molecule is CN(C[C@@H](CCN1CCC2(CCc3ccccc32)CC1)c1cccc(Cl)c1)S(=O)(=O)c1ccccc1. The van der Waals surface area contributed by atoms with Crippen LogP contribution in [0.1, 0.15) is 48.3 Å². The highest BCUT2D eigenvalue weighted by Crippen LogP contribution is 2.46. The van der Waals surface area contributed by atoms with Crippen LogP contribution >= 0.6 is 11.6 Å². The number of likely N-dealkylation sites (tertiary alicyclic amines) is 1. The smallest absolute Gasteiger partial charge is 0.242 e. The minimum absolute atomic E-state index is 0.0651. The zero-order valence-corrected chi connectivity index (χ0v) is 22.5. The molecule has 0 N–H and O–H groups in total. The number of likely N-dealkylation sites (N-methyl/N-ethyl adjacent to an activating group) is 1. The summed E-state index contributed by atoms with van der Waals surface area (Å²) >= 11 is 6.33. The van der Waals surface area contributed by atoms with Crippen LogP contribution in [0.3, 0.4) is 0 Å². The van der Waals surface area contributed by atoms with E-state index in [9.17, 15) is 8.42 Å². The van der Waals surface area contributed by atoms with Gasteiger partial charge in [-0.15, -0.1) is 0 Å². The number of benzene rings is 3. The molecule has 190 valence electrons. The second-order valence-corrected chi connectivity index (χ2v) is 12.9. The Morgan fingerprint density at radius 2 is 1.67 bits per heavy atom. The average Bonchev–Trinajstić information content (AvgIpc) is 3.26. The van der Waals surface area contributed by atoms with Crippen molar-refractivity contribution in [2.45, 2.75) is 48.3 Å². The van der Waals surface area contributed by atoms with Crippen molar-refractivity contribution < 1.29 is 8.42 Å². The number of sulfonamides is 1. The molecule has 1 heterocycles. The number of fused-ring (bicyclic) bond motifs is 2. The lowest BCUT2D eigenvalue weighted by atomic mass is 9.74. The van der Waals surface area contributed by atoms with Crippen molar-refractivity contribution in [3.8, 4) is 0 Å². The van der Waals surface area contributed by atoms with Crippen LogP contribution < -0.4 is 0 Å². The van der Waals surface area contributed by atoms with Gasteiger partial charge in [0.2, 0.25) is 10.0 Å². The maximum absolute atomic E-state index is 13.2. The van der Waals surface area contributed by atoms with Crippen molar-refractivity contribution >= 4 is 21.6 Å². The third kappa shape index (κ3) is 5.26. The molecule has 0 unspecified atom stereocenters. The molecule has 1 spiro atoms. The zero-order valence-electron chi connectivity index (χ0n) is 20.9. The van der Waals surface area contributed by atoms with Crippen LogP contribution in [-0.2, 0) is 21.9 Å². The molecule has 0 amide bonds. The van der Waals surface area contributed by atoms with Gasteiger partial charge < -0.3 is 4.90 Å². The van der Waals surface area contributed by atoms with Gasteiger partial charge in [0.05, 0.1) is 4.90 Å². The van der Waals surface area contributed by atoms with Gasteiger partial charge in [0.25, 0.3) is 0 Å². The highest BCUT2D eigenvalue weighted by atomic mass is 35.5. The van der Waals surface area contributed by atoms with Crippen LogP contribution in [0.15, 0.2) is 83.8 Å². The highest BCUT2D eigenvalue weighted by Gasteiger charge is 2.40. The molecule has 3 aromatic carbocycles. The molecular weight excluding hydrogens is 488 g/mol. The van der Waals surface area contributed by atoms with E-state index in [2.05, 4.69) is 35.2 Å². The minimum atomic E-state index is -3.55. The van der Waals surface area contributed by atoms with E-state index in [0.29, 0.717) is 21.9 Å². The molecule has 36 heavy (non-hydrogen) atoms. The van der Waals surface area contributed by atoms with Crippen LogP contribution in [0.2, 0.25) is 5.02 Å². The Hall–Kier alpha value is -2.18. The summed E-state index contributed by atoms with van der Waals surface area (Å²) < 4.78 is 27.9. The maximum Gasteiger partial charge on any atom is 0.242 e. The standard InChI is InChI=1S/C30H35ClN2O2S/c1-32(36(34,35)28-11-3-2-4-12-28)23-26(25-9-7-10-27(31)22-25)15-19-33-20-17-30(18-21-33)16-14-24-8-5-6-13-29(24)30/h2-13,22,26H,14-21,23H2,1H3/t26-/m1/s1. The van der Waals surface area contributed by atoms with Crippen LogP contribution in [0.4, 0.5) is 0 Å². The van der Waals surface area contributed by atoms with Gasteiger partial charge in [0, 0.05) is 18.6 Å². The van der Waals surface area contributed by atoms with Crippen molar-refractivity contribution in [1.82, 2.24) is 9.21 Å². The van der Waals surface area contributed by atoms with Crippen molar-refractivity contribution in [3.63, 3.8) is 0 Å². The Morgan fingerprint density at radius 3 is 2.42 bits per heavy atom. The fraction of sp³-hybridized carbons (Fsp3) is 0.400. The Balaban J connectivity index is 1.26. The van der Waals surface area contributed by atoms with Crippen molar-refractivity contribution in [2.75, 3.05) is 33.2 Å². The molecule has 0 aromatic heterocycles. The summed E-state index contributed by atoms with van der Waals surface area (Å²) in [5.41, 5.74) is 4.56. The van der Waals surface area contributed by atoms with Gasteiger partial charge >= 0.3 is 0 Å². The first kappa shape index (κ1) is 25.5. The van der Waals surface area contributed by atoms with E-state index in [1.165, 1.54) is 35.6 Å². The highest BCUT2D eigenvalue weighted by molar-refractivity contribution is 7.89. The summed E-state index contributed by atoms with van der Waals surface area (Å²) in [7, 11) is -1.87. The lowest BCUT2D eigenvalue weighted by Crippen LogP contribution is -2.42. The number of rotatable bonds is 8. The quantitative estimate of drug-likeness (QED) is 0.358. The van der Waals surface area contributed by atoms with E-state index in [0.717, 1.165) is 31.6 Å². The second kappa shape index (κ2) is 10.7. The summed E-state index contributed by atoms with van der Waals surface area (Å²) in [5.74, 6) is 0.0651. The van der Waals surface area contributed by atoms with Crippen LogP contribution in [0.25, 0.3) is 0 Å². The summed E-state index contributed by atoms with van der Waals surface area (Å²) in [5, 5.41) is 0.686. The topological polar surface area (TPSA) is 40.6 Å². The molecule has 5 rings (SSSR count). The van der Waals surface area contributed by atoms with Crippen molar-refractivity contribution in [2.24, 2.45) is 0 Å². The largest absolute Gasteiger partial charge is 0.303 e. The van der Waals surface area contributed by atoms with Gasteiger partial charge in [-0.1, -0.05) is 66.2 Å². The van der Waals surface area contributed by atoms with Gasteiger partial charge in [-0.3, -0.25) is 0 Å². The van der Waals surface area contributed by atoms with Crippen LogP contribution in [0, 0.1) is 0 Å². The van der Waals surface area contributed by atoms with E-state index in [1.54, 1.807) is 36.9 Å². The molecule has 0 radical (unpaired) electrons. The molecule has 4 nitrogen and oxygen atoms in total. The predicted molar refractivity (Wildman–Crippen MR) is 147 cm³/mol. The van der Waals surface area contributed by atoms with Crippen molar-refractivity contribution in [3.05, 3.63) is 101 Å². The number of aryl methyl sites for hydroxylation is 1. The monoisotopic (exact) mass is 522 g/mol. The Kier molecular flexibility index (Phi) is 7.55. The summed E-state index contributed by atoms with van der Waals surface area (Å²) in [6.07, 6.45) is 5.77. The lowest BCUT2D eigenvalue weighted by Gasteiger charge is -2.40. The minimum Gasteiger partial charge on any atom is -0.303 e. The summed E-state index contributed by atoms with van der Waals surface area (Å²) in [6, 6.07) is 25.6. The molecule has 3 aromatic rings. The molecule has 0 bridgehead atoms. The van der Waals surface area contributed by atoms with E-state index in [-0.39, 0.29) is 5.92 Å². The third-order valence-electron chi connectivity index (χ3n) is 8.32. The molecule has 1 saturated heterocycles. The van der Waals surface area contributed by atoms with E-state index in [1.807, 2.05) is 24.3 Å². The Bertz CT molecular complexity index is 1290. The Morgan fingerprint density at radius 1 is 0.944 bits per heavy atom. The van der Waals surface area contributed by atoms with Crippen molar-refractivity contribution in [1.29, 1.82) is 0 Å². The first-order valence-electron chi connectivity index (χ1n) is 12.9. The molecular formula is C30H35ClN2O2S. The average molecular weight is 523 g/mol. The zero-order chi connectivity index (χ0) is 25.2. The first-order chi connectivity index (χ1) is 17.4. The molecule has 1 aliphatic heterocycles. The van der Waals surface area contributed by atoms with Crippen LogP contribution in [-0.4, -0.2) is 50.8 Å². The fourth-order valence-corrected chi connectivity index (χ4v) is 7.57. The summed E-state index contributed by atoms with van der Waals surface area (Å²) in [4.78, 5) is 2.89. The van der Waals surface area contributed by atoms with Gasteiger partial charge in [0.1, 0.15) is 0 Å². The van der Waals surface area contributed by atoms with Crippen LogP contribution in [0.5, 0.6) is 0 Å². The number of halogens is 1. The number of hydrogen-bond acceptors (Lipinski definition) is 3. The van der Waals surface area contributed by atoms with E-state index >= 15 is 0 Å². The number of hydrogen-bond donors (Lipinski definition) is 0. The van der Waals surface area contributed by atoms with Gasteiger partial charge in [-0.05, 0) is 104 Å². The van der Waals surface area contributed by atoms with E-state index in [4.69, 9.17) is 11.6 Å². The van der Waals surface area contributed by atoms with E-state index < -0.39 is 10.0 Å². The first-order valence-corrected chi connectivity index (χ1v) is 14.8.